The zero-order valence-electron chi connectivity index (χ0n) is 12.8. The Balaban J connectivity index is 2.44. The quantitative estimate of drug-likeness (QED) is 0.830. The molecule has 0 atom stereocenters. The van der Waals surface area contributed by atoms with Gasteiger partial charge in [-0.05, 0) is 49.4 Å². The van der Waals surface area contributed by atoms with Gasteiger partial charge in [-0.25, -0.2) is 8.42 Å². The normalized spacial score (nSPS) is 15.7. The third-order valence-corrected chi connectivity index (χ3v) is 6.00. The summed E-state index contributed by atoms with van der Waals surface area (Å²) in [6.45, 7) is 4.26. The lowest BCUT2D eigenvalue weighted by Crippen LogP contribution is -2.36. The topological polar surface area (TPSA) is 66.8 Å². The summed E-state index contributed by atoms with van der Waals surface area (Å²) >= 11 is 0. The molecule has 0 spiro atoms. The molecule has 21 heavy (non-hydrogen) atoms. The van der Waals surface area contributed by atoms with E-state index in [9.17, 15) is 13.5 Å². The number of hydrogen-bond donors (Lipinski definition) is 1. The van der Waals surface area contributed by atoms with Crippen LogP contribution in [0, 0.1) is 13.8 Å². The van der Waals surface area contributed by atoms with Crippen LogP contribution in [0.2, 0.25) is 0 Å². The van der Waals surface area contributed by atoms with Crippen molar-refractivity contribution in [1.82, 2.24) is 4.31 Å². The summed E-state index contributed by atoms with van der Waals surface area (Å²) in [7, 11) is -1.98. The van der Waals surface area contributed by atoms with Crippen molar-refractivity contribution in [2.75, 3.05) is 20.3 Å². The molecule has 2 rings (SSSR count). The Morgan fingerprint density at radius 1 is 1.33 bits per heavy atom. The molecule has 0 aliphatic heterocycles. The van der Waals surface area contributed by atoms with Crippen molar-refractivity contribution in [3.63, 3.8) is 0 Å². The number of rotatable bonds is 7. The molecule has 1 aliphatic rings. The largest absolute Gasteiger partial charge is 0.392 e. The number of aryl methyl sites for hydroxylation is 1. The first-order valence-corrected chi connectivity index (χ1v) is 8.57. The SMILES string of the molecule is COCCN(C1CC1)S(=O)(=O)c1cc(CO)cc(C)c1C. The van der Waals surface area contributed by atoms with E-state index in [1.165, 1.54) is 0 Å². The number of ether oxygens (including phenoxy) is 1. The minimum absolute atomic E-state index is 0.0858. The molecule has 5 nitrogen and oxygen atoms in total. The molecule has 1 N–H and O–H groups in total. The lowest BCUT2D eigenvalue weighted by Gasteiger charge is -2.23. The summed E-state index contributed by atoms with van der Waals surface area (Å²) in [5.74, 6) is 0. The molecular weight excluding hydrogens is 290 g/mol. The molecule has 1 saturated carbocycles. The second-order valence-electron chi connectivity index (χ2n) is 5.53. The van der Waals surface area contributed by atoms with Crippen LogP contribution >= 0.6 is 0 Å². The minimum Gasteiger partial charge on any atom is -0.392 e. The summed E-state index contributed by atoms with van der Waals surface area (Å²) < 4.78 is 32.5. The summed E-state index contributed by atoms with van der Waals surface area (Å²) in [5.41, 5.74) is 2.25. The molecule has 0 radical (unpaired) electrons. The zero-order valence-corrected chi connectivity index (χ0v) is 13.6. The fourth-order valence-corrected chi connectivity index (χ4v) is 4.45. The minimum atomic E-state index is -3.55. The van der Waals surface area contributed by atoms with E-state index in [0.29, 0.717) is 23.6 Å². The first kappa shape index (κ1) is 16.4. The molecule has 1 aliphatic carbocycles. The maximum Gasteiger partial charge on any atom is 0.243 e. The summed E-state index contributed by atoms with van der Waals surface area (Å²) in [5, 5.41) is 9.32. The second-order valence-corrected chi connectivity index (χ2v) is 7.39. The molecule has 1 fully saturated rings. The van der Waals surface area contributed by atoms with Crippen LogP contribution in [-0.2, 0) is 21.4 Å². The number of hydrogen-bond acceptors (Lipinski definition) is 4. The molecule has 1 aromatic rings. The lowest BCUT2D eigenvalue weighted by atomic mass is 10.1. The summed E-state index contributed by atoms with van der Waals surface area (Å²) in [6, 6.07) is 3.49. The van der Waals surface area contributed by atoms with Gasteiger partial charge in [0.2, 0.25) is 10.0 Å². The highest BCUT2D eigenvalue weighted by atomic mass is 32.2. The monoisotopic (exact) mass is 313 g/mol. The Labute approximate surface area is 126 Å². The highest BCUT2D eigenvalue weighted by Gasteiger charge is 2.38. The molecule has 0 aromatic heterocycles. The molecule has 0 unspecified atom stereocenters. The predicted octanol–water partition coefficient (Wildman–Crippen LogP) is 1.60. The van der Waals surface area contributed by atoms with E-state index < -0.39 is 10.0 Å². The number of aliphatic hydroxyl groups is 1. The van der Waals surface area contributed by atoms with Crippen LogP contribution in [0.15, 0.2) is 17.0 Å². The zero-order chi connectivity index (χ0) is 15.6. The van der Waals surface area contributed by atoms with E-state index in [-0.39, 0.29) is 12.6 Å². The van der Waals surface area contributed by atoms with Gasteiger partial charge in [-0.3, -0.25) is 0 Å². The van der Waals surface area contributed by atoms with Crippen LogP contribution in [0.1, 0.15) is 29.5 Å². The summed E-state index contributed by atoms with van der Waals surface area (Å²) in [4.78, 5) is 0.301. The number of aliphatic hydroxyl groups excluding tert-OH is 1. The van der Waals surface area contributed by atoms with Crippen molar-refractivity contribution in [3.8, 4) is 0 Å². The Kier molecular flexibility index (Phi) is 5.03. The summed E-state index contributed by atoms with van der Waals surface area (Å²) in [6.07, 6.45) is 1.81. The van der Waals surface area contributed by atoms with Gasteiger partial charge in [0, 0.05) is 19.7 Å². The van der Waals surface area contributed by atoms with E-state index in [2.05, 4.69) is 0 Å². The van der Waals surface area contributed by atoms with Gasteiger partial charge in [0.05, 0.1) is 18.1 Å². The average Bonchev–Trinajstić information content (AvgIpc) is 3.26. The van der Waals surface area contributed by atoms with Gasteiger partial charge in [-0.1, -0.05) is 6.07 Å². The smallest absolute Gasteiger partial charge is 0.243 e. The third kappa shape index (κ3) is 3.45. The Hall–Kier alpha value is -0.950. The molecule has 0 saturated heterocycles. The second kappa shape index (κ2) is 6.44. The van der Waals surface area contributed by atoms with Crippen molar-refractivity contribution in [3.05, 3.63) is 28.8 Å². The van der Waals surface area contributed by atoms with Crippen LogP contribution in [0.5, 0.6) is 0 Å². The van der Waals surface area contributed by atoms with E-state index in [4.69, 9.17) is 4.74 Å². The standard InChI is InChI=1S/C15H23NO4S/c1-11-8-13(10-17)9-15(12(11)2)21(18,19)16(6-7-20-3)14-4-5-14/h8-9,14,17H,4-7,10H2,1-3H3. The van der Waals surface area contributed by atoms with Gasteiger partial charge in [-0.15, -0.1) is 0 Å². The number of nitrogens with zero attached hydrogens (tertiary/aromatic N) is 1. The molecular formula is C15H23NO4S. The van der Waals surface area contributed by atoms with Crippen LogP contribution in [0.25, 0.3) is 0 Å². The van der Waals surface area contributed by atoms with Crippen molar-refractivity contribution >= 4 is 10.0 Å². The highest BCUT2D eigenvalue weighted by molar-refractivity contribution is 7.89. The predicted molar refractivity (Wildman–Crippen MR) is 80.6 cm³/mol. The fourth-order valence-electron chi connectivity index (χ4n) is 2.43. The Morgan fingerprint density at radius 2 is 2.00 bits per heavy atom. The van der Waals surface area contributed by atoms with Gasteiger partial charge in [0.25, 0.3) is 0 Å². The lowest BCUT2D eigenvalue weighted by molar-refractivity contribution is 0.177. The van der Waals surface area contributed by atoms with Crippen molar-refractivity contribution in [2.24, 2.45) is 0 Å². The van der Waals surface area contributed by atoms with Crippen LogP contribution in [0.3, 0.4) is 0 Å². The van der Waals surface area contributed by atoms with Crippen LogP contribution in [-0.4, -0.2) is 44.1 Å². The van der Waals surface area contributed by atoms with Gasteiger partial charge >= 0.3 is 0 Å². The maximum atomic E-state index is 12.9. The van der Waals surface area contributed by atoms with Crippen molar-refractivity contribution in [1.29, 1.82) is 0 Å². The number of sulfonamides is 1. The van der Waals surface area contributed by atoms with Gasteiger partial charge in [-0.2, -0.15) is 4.31 Å². The maximum absolute atomic E-state index is 12.9. The Bertz CT molecular complexity index is 608. The average molecular weight is 313 g/mol. The van der Waals surface area contributed by atoms with E-state index in [1.807, 2.05) is 19.9 Å². The molecule has 6 heteroatoms. The molecule has 0 bridgehead atoms. The van der Waals surface area contributed by atoms with Gasteiger partial charge < -0.3 is 9.84 Å². The molecule has 0 heterocycles. The number of methoxy groups -OCH3 is 1. The highest BCUT2D eigenvalue weighted by Crippen LogP contribution is 2.33. The van der Waals surface area contributed by atoms with Crippen molar-refractivity contribution in [2.45, 2.75) is 44.2 Å². The third-order valence-electron chi connectivity index (χ3n) is 3.92. The van der Waals surface area contributed by atoms with Gasteiger partial charge in [0.1, 0.15) is 0 Å². The first-order valence-electron chi connectivity index (χ1n) is 7.13. The van der Waals surface area contributed by atoms with E-state index in [0.717, 1.165) is 24.0 Å². The molecule has 1 aromatic carbocycles. The number of benzene rings is 1. The Morgan fingerprint density at radius 3 is 2.52 bits per heavy atom. The fraction of sp³-hybridized carbons (Fsp3) is 0.600. The first-order chi connectivity index (χ1) is 9.91. The van der Waals surface area contributed by atoms with Crippen LogP contribution < -0.4 is 0 Å². The van der Waals surface area contributed by atoms with Crippen molar-refractivity contribution < 1.29 is 18.3 Å². The molecule has 0 amide bonds. The van der Waals surface area contributed by atoms with Gasteiger partial charge in [0.15, 0.2) is 0 Å². The molecule has 118 valence electrons. The van der Waals surface area contributed by atoms with Crippen LogP contribution in [0.4, 0.5) is 0 Å². The van der Waals surface area contributed by atoms with E-state index >= 15 is 0 Å². The van der Waals surface area contributed by atoms with E-state index in [1.54, 1.807) is 17.5 Å².